The van der Waals surface area contributed by atoms with Crippen LogP contribution in [0, 0.1) is 6.92 Å². The van der Waals surface area contributed by atoms with E-state index >= 15 is 0 Å². The van der Waals surface area contributed by atoms with Gasteiger partial charge in [-0.3, -0.25) is 10.7 Å². The van der Waals surface area contributed by atoms with E-state index in [1.165, 1.54) is 0 Å². The summed E-state index contributed by atoms with van der Waals surface area (Å²) in [5.74, 6) is 5.33. The minimum atomic E-state index is 0.239. The number of nitrogens with zero attached hydrogens (tertiary/aromatic N) is 2. The number of hydrogen-bond acceptors (Lipinski definition) is 4. The maximum absolute atomic E-state index is 8.84. The second kappa shape index (κ2) is 5.11. The molecule has 5 heteroatoms. The summed E-state index contributed by atoms with van der Waals surface area (Å²) in [5.41, 5.74) is 4.21. The number of hydroxylamine groups is 1. The molecule has 0 unspecified atom stereocenters. The minimum Gasteiger partial charge on any atom is -0.323 e. The Hall–Kier alpha value is -1.88. The Labute approximate surface area is 88.3 Å². The van der Waals surface area contributed by atoms with E-state index in [0.717, 1.165) is 11.3 Å². The molecule has 15 heavy (non-hydrogen) atoms. The average molecular weight is 206 g/mol. The zero-order valence-electron chi connectivity index (χ0n) is 8.73. The zero-order chi connectivity index (χ0) is 11.3. The van der Waals surface area contributed by atoms with E-state index in [2.05, 4.69) is 10.1 Å². The van der Waals surface area contributed by atoms with Gasteiger partial charge in [-0.15, -0.1) is 0 Å². The number of aryl methyl sites for hydroxylation is 1. The maximum Gasteiger partial charge on any atom is 0.173 e. The van der Waals surface area contributed by atoms with Crippen molar-refractivity contribution >= 4 is 17.2 Å². The molecule has 0 fully saturated rings. The molecule has 0 heterocycles. The molecule has 0 aliphatic carbocycles. The molecule has 0 bridgehead atoms. The van der Waals surface area contributed by atoms with Crippen LogP contribution in [-0.4, -0.2) is 16.8 Å². The highest BCUT2D eigenvalue weighted by atomic mass is 16.5. The van der Waals surface area contributed by atoms with Gasteiger partial charge in [-0.05, 0) is 31.5 Å². The molecular weight excluding hydrogens is 192 g/mol. The SMILES string of the molecule is CC(=NN)C(=Nc1cccc(C)c1)NO. The van der Waals surface area contributed by atoms with Gasteiger partial charge in [0.15, 0.2) is 5.84 Å². The summed E-state index contributed by atoms with van der Waals surface area (Å²) >= 11 is 0. The van der Waals surface area contributed by atoms with Crippen molar-refractivity contribution in [2.24, 2.45) is 15.9 Å². The quantitative estimate of drug-likeness (QED) is 0.295. The third-order valence-electron chi connectivity index (χ3n) is 1.88. The highest BCUT2D eigenvalue weighted by Crippen LogP contribution is 2.13. The van der Waals surface area contributed by atoms with Crippen molar-refractivity contribution in [1.82, 2.24) is 5.48 Å². The van der Waals surface area contributed by atoms with Crippen molar-refractivity contribution in [3.05, 3.63) is 29.8 Å². The molecule has 0 amide bonds. The fourth-order valence-corrected chi connectivity index (χ4v) is 1.07. The van der Waals surface area contributed by atoms with Crippen LogP contribution in [0.15, 0.2) is 34.4 Å². The molecule has 0 radical (unpaired) electrons. The van der Waals surface area contributed by atoms with Gasteiger partial charge in [0.2, 0.25) is 0 Å². The molecule has 0 atom stereocenters. The summed E-state index contributed by atoms with van der Waals surface area (Å²) < 4.78 is 0. The Morgan fingerprint density at radius 3 is 2.73 bits per heavy atom. The minimum absolute atomic E-state index is 0.239. The lowest BCUT2D eigenvalue weighted by molar-refractivity contribution is 0.236. The lowest BCUT2D eigenvalue weighted by Crippen LogP contribution is -2.27. The summed E-state index contributed by atoms with van der Waals surface area (Å²) in [7, 11) is 0. The Morgan fingerprint density at radius 1 is 1.47 bits per heavy atom. The predicted octanol–water partition coefficient (Wildman–Crippen LogP) is 1.34. The molecule has 0 spiro atoms. The number of nitrogens with two attached hydrogens (primary N) is 1. The normalized spacial score (nSPS) is 12.7. The summed E-state index contributed by atoms with van der Waals surface area (Å²) in [6.07, 6.45) is 0. The Balaban J connectivity index is 3.03. The number of benzene rings is 1. The lowest BCUT2D eigenvalue weighted by Gasteiger charge is -2.03. The number of amidine groups is 1. The van der Waals surface area contributed by atoms with Crippen LogP contribution in [0.4, 0.5) is 5.69 Å². The van der Waals surface area contributed by atoms with Gasteiger partial charge in [0.1, 0.15) is 5.71 Å². The van der Waals surface area contributed by atoms with Crippen LogP contribution in [0.1, 0.15) is 12.5 Å². The van der Waals surface area contributed by atoms with Crippen molar-refractivity contribution in [3.8, 4) is 0 Å². The number of hydrazone groups is 1. The Morgan fingerprint density at radius 2 is 2.20 bits per heavy atom. The van der Waals surface area contributed by atoms with Gasteiger partial charge in [0.25, 0.3) is 0 Å². The number of hydrogen-bond donors (Lipinski definition) is 3. The zero-order valence-corrected chi connectivity index (χ0v) is 8.73. The van der Waals surface area contributed by atoms with Crippen molar-refractivity contribution in [2.75, 3.05) is 0 Å². The first-order valence-electron chi connectivity index (χ1n) is 4.47. The van der Waals surface area contributed by atoms with E-state index in [-0.39, 0.29) is 5.84 Å². The first-order chi connectivity index (χ1) is 7.17. The van der Waals surface area contributed by atoms with Crippen LogP contribution in [0.5, 0.6) is 0 Å². The van der Waals surface area contributed by atoms with Gasteiger partial charge in [-0.2, -0.15) is 5.10 Å². The molecule has 4 N–H and O–H groups in total. The maximum atomic E-state index is 8.84. The summed E-state index contributed by atoms with van der Waals surface area (Å²) in [4.78, 5) is 4.15. The van der Waals surface area contributed by atoms with E-state index in [9.17, 15) is 0 Å². The van der Waals surface area contributed by atoms with Crippen LogP contribution < -0.4 is 11.3 Å². The van der Waals surface area contributed by atoms with E-state index in [1.807, 2.05) is 36.7 Å². The van der Waals surface area contributed by atoms with Crippen molar-refractivity contribution in [3.63, 3.8) is 0 Å². The molecule has 1 aromatic carbocycles. The fourth-order valence-electron chi connectivity index (χ4n) is 1.07. The smallest absolute Gasteiger partial charge is 0.173 e. The first-order valence-corrected chi connectivity index (χ1v) is 4.47. The molecule has 80 valence electrons. The fraction of sp³-hybridized carbons (Fsp3) is 0.200. The van der Waals surface area contributed by atoms with E-state index < -0.39 is 0 Å². The largest absolute Gasteiger partial charge is 0.323 e. The van der Waals surface area contributed by atoms with E-state index in [4.69, 9.17) is 11.0 Å². The molecule has 1 aromatic rings. The topological polar surface area (TPSA) is 83.0 Å². The average Bonchev–Trinajstić information content (AvgIpc) is 2.25. The predicted molar refractivity (Wildman–Crippen MR) is 60.5 cm³/mol. The standard InChI is InChI=1S/C10H14N4O/c1-7-4-3-5-9(6-7)12-10(14-15)8(2)13-11/h3-6,15H,11H2,1-2H3,(H,12,14). The molecule has 1 rings (SSSR count). The highest BCUT2D eigenvalue weighted by Gasteiger charge is 2.01. The second-order valence-corrected chi connectivity index (χ2v) is 3.13. The van der Waals surface area contributed by atoms with Crippen molar-refractivity contribution in [1.29, 1.82) is 0 Å². The highest BCUT2D eigenvalue weighted by molar-refractivity contribution is 6.40. The molecule has 0 saturated carbocycles. The summed E-state index contributed by atoms with van der Waals surface area (Å²) in [5, 5.41) is 12.3. The van der Waals surface area contributed by atoms with Crippen LogP contribution >= 0.6 is 0 Å². The van der Waals surface area contributed by atoms with Crippen LogP contribution in [0.2, 0.25) is 0 Å². The van der Waals surface area contributed by atoms with Gasteiger partial charge in [-0.1, -0.05) is 12.1 Å². The number of nitrogens with one attached hydrogen (secondary N) is 1. The van der Waals surface area contributed by atoms with Gasteiger partial charge in [0.05, 0.1) is 5.69 Å². The van der Waals surface area contributed by atoms with Crippen molar-refractivity contribution in [2.45, 2.75) is 13.8 Å². The second-order valence-electron chi connectivity index (χ2n) is 3.13. The van der Waals surface area contributed by atoms with Gasteiger partial charge in [0, 0.05) is 0 Å². The third-order valence-corrected chi connectivity index (χ3v) is 1.88. The van der Waals surface area contributed by atoms with Gasteiger partial charge >= 0.3 is 0 Å². The number of rotatable bonds is 2. The van der Waals surface area contributed by atoms with E-state index in [1.54, 1.807) is 6.92 Å². The third kappa shape index (κ3) is 3.07. The van der Waals surface area contributed by atoms with Crippen molar-refractivity contribution < 1.29 is 5.21 Å². The van der Waals surface area contributed by atoms with Gasteiger partial charge < -0.3 is 5.84 Å². The number of aliphatic imine (C=N–C) groups is 1. The Kier molecular flexibility index (Phi) is 3.82. The first kappa shape index (κ1) is 11.2. The monoisotopic (exact) mass is 206 g/mol. The summed E-state index contributed by atoms with van der Waals surface area (Å²) in [6.45, 7) is 3.62. The van der Waals surface area contributed by atoms with E-state index in [0.29, 0.717) is 5.71 Å². The molecular formula is C10H14N4O. The lowest BCUT2D eigenvalue weighted by atomic mass is 10.2. The molecule has 0 aliphatic rings. The molecule has 5 nitrogen and oxygen atoms in total. The van der Waals surface area contributed by atoms with Crippen LogP contribution in [0.25, 0.3) is 0 Å². The Bertz CT molecular complexity index is 398. The summed E-state index contributed by atoms with van der Waals surface area (Å²) in [6, 6.07) is 7.57. The molecule has 0 aromatic heterocycles. The molecule has 0 aliphatic heterocycles. The van der Waals surface area contributed by atoms with Crippen LogP contribution in [-0.2, 0) is 0 Å². The van der Waals surface area contributed by atoms with Gasteiger partial charge in [-0.25, -0.2) is 4.99 Å². The van der Waals surface area contributed by atoms with Crippen LogP contribution in [0.3, 0.4) is 0 Å². The molecule has 0 saturated heterocycles.